The van der Waals surface area contributed by atoms with Gasteiger partial charge in [-0.3, -0.25) is 0 Å². The van der Waals surface area contributed by atoms with Gasteiger partial charge in [0.1, 0.15) is 0 Å². The molecule has 0 aromatic heterocycles. The molecule has 0 atom stereocenters. The van der Waals surface area contributed by atoms with E-state index in [-0.39, 0.29) is 0 Å². The number of hydrogen-bond acceptors (Lipinski definition) is 2. The first-order valence-electron chi connectivity index (χ1n) is 7.06. The molecule has 0 N–H and O–H groups in total. The van der Waals surface area contributed by atoms with Crippen LogP contribution in [0, 0.1) is 17.8 Å². The second-order valence-electron chi connectivity index (χ2n) is 6.30. The molecule has 0 amide bonds. The number of piperidine rings is 1. The summed E-state index contributed by atoms with van der Waals surface area (Å²) in [4.78, 5) is 5.12. The molecule has 2 aliphatic rings. The first-order valence-corrected chi connectivity index (χ1v) is 7.06. The third-order valence-electron chi connectivity index (χ3n) is 4.62. The summed E-state index contributed by atoms with van der Waals surface area (Å²) in [5, 5.41) is 0. The van der Waals surface area contributed by atoms with Gasteiger partial charge in [0.25, 0.3) is 0 Å². The SMILES string of the molecule is CC(C)C1CN(CCC2CCN(C)CC2)C1. The Balaban J connectivity index is 1.56. The third kappa shape index (κ3) is 3.21. The van der Waals surface area contributed by atoms with Crippen molar-refractivity contribution in [1.29, 1.82) is 0 Å². The Morgan fingerprint density at radius 1 is 1.12 bits per heavy atom. The molecule has 0 aliphatic carbocycles. The van der Waals surface area contributed by atoms with Crippen molar-refractivity contribution >= 4 is 0 Å². The molecule has 0 bridgehead atoms. The molecule has 2 heterocycles. The molecule has 0 aromatic rings. The zero-order valence-electron chi connectivity index (χ0n) is 11.3. The van der Waals surface area contributed by atoms with Crippen LogP contribution in [0.3, 0.4) is 0 Å². The first-order chi connectivity index (χ1) is 7.65. The monoisotopic (exact) mass is 224 g/mol. The lowest BCUT2D eigenvalue weighted by Gasteiger charge is -2.42. The fraction of sp³-hybridized carbons (Fsp3) is 1.00. The molecule has 0 saturated carbocycles. The van der Waals surface area contributed by atoms with Crippen molar-refractivity contribution in [3.05, 3.63) is 0 Å². The van der Waals surface area contributed by atoms with E-state index in [2.05, 4.69) is 30.7 Å². The topological polar surface area (TPSA) is 6.48 Å². The summed E-state index contributed by atoms with van der Waals surface area (Å²) in [6.45, 7) is 11.4. The van der Waals surface area contributed by atoms with Crippen LogP contribution in [-0.4, -0.2) is 49.6 Å². The minimum absolute atomic E-state index is 0.889. The molecular weight excluding hydrogens is 196 g/mol. The van der Waals surface area contributed by atoms with Gasteiger partial charge in [-0.1, -0.05) is 13.8 Å². The highest BCUT2D eigenvalue weighted by Crippen LogP contribution is 2.25. The van der Waals surface area contributed by atoms with Gasteiger partial charge in [-0.25, -0.2) is 0 Å². The summed E-state index contributed by atoms with van der Waals surface area (Å²) < 4.78 is 0. The van der Waals surface area contributed by atoms with Crippen molar-refractivity contribution in [1.82, 2.24) is 9.80 Å². The maximum atomic E-state index is 2.66. The Kier molecular flexibility index (Phi) is 4.26. The molecule has 2 saturated heterocycles. The second-order valence-corrected chi connectivity index (χ2v) is 6.30. The summed E-state index contributed by atoms with van der Waals surface area (Å²) in [5.41, 5.74) is 0. The molecule has 2 heteroatoms. The van der Waals surface area contributed by atoms with Crippen molar-refractivity contribution in [3.8, 4) is 0 Å². The number of rotatable bonds is 4. The fourth-order valence-electron chi connectivity index (χ4n) is 2.93. The minimum Gasteiger partial charge on any atom is -0.306 e. The Morgan fingerprint density at radius 2 is 1.75 bits per heavy atom. The van der Waals surface area contributed by atoms with Crippen LogP contribution in [-0.2, 0) is 0 Å². The summed E-state index contributed by atoms with van der Waals surface area (Å²) in [6.07, 6.45) is 4.30. The van der Waals surface area contributed by atoms with Crippen LogP contribution < -0.4 is 0 Å². The van der Waals surface area contributed by atoms with E-state index in [1.54, 1.807) is 0 Å². The lowest BCUT2D eigenvalue weighted by molar-refractivity contribution is 0.0590. The minimum atomic E-state index is 0.889. The highest BCUT2D eigenvalue weighted by molar-refractivity contribution is 4.82. The Labute approximate surface area is 101 Å². The second kappa shape index (κ2) is 5.50. The van der Waals surface area contributed by atoms with E-state index in [0.717, 1.165) is 17.8 Å². The average molecular weight is 224 g/mol. The smallest absolute Gasteiger partial charge is 0.00245 e. The van der Waals surface area contributed by atoms with Crippen molar-refractivity contribution in [2.24, 2.45) is 17.8 Å². The summed E-state index contributed by atoms with van der Waals surface area (Å²) in [7, 11) is 2.25. The normalized spacial score (nSPS) is 26.2. The largest absolute Gasteiger partial charge is 0.306 e. The maximum absolute atomic E-state index is 2.66. The first kappa shape index (κ1) is 12.4. The van der Waals surface area contributed by atoms with Gasteiger partial charge < -0.3 is 9.80 Å². The third-order valence-corrected chi connectivity index (χ3v) is 4.62. The van der Waals surface area contributed by atoms with E-state index in [1.807, 2.05) is 0 Å². The molecule has 0 spiro atoms. The van der Waals surface area contributed by atoms with E-state index in [0.29, 0.717) is 0 Å². The van der Waals surface area contributed by atoms with Gasteiger partial charge in [0, 0.05) is 13.1 Å². The summed E-state index contributed by atoms with van der Waals surface area (Å²) in [6, 6.07) is 0. The van der Waals surface area contributed by atoms with Gasteiger partial charge in [-0.2, -0.15) is 0 Å². The van der Waals surface area contributed by atoms with Crippen LogP contribution >= 0.6 is 0 Å². The van der Waals surface area contributed by atoms with Crippen LogP contribution in [0.4, 0.5) is 0 Å². The zero-order valence-corrected chi connectivity index (χ0v) is 11.3. The molecule has 0 aromatic carbocycles. The van der Waals surface area contributed by atoms with E-state index >= 15 is 0 Å². The fourth-order valence-corrected chi connectivity index (χ4v) is 2.93. The van der Waals surface area contributed by atoms with Crippen LogP contribution in [0.5, 0.6) is 0 Å². The van der Waals surface area contributed by atoms with Gasteiger partial charge >= 0.3 is 0 Å². The molecule has 0 radical (unpaired) electrons. The highest BCUT2D eigenvalue weighted by Gasteiger charge is 2.29. The van der Waals surface area contributed by atoms with E-state index in [1.165, 1.54) is 52.0 Å². The quantitative estimate of drug-likeness (QED) is 0.723. The van der Waals surface area contributed by atoms with Crippen LogP contribution in [0.15, 0.2) is 0 Å². The molecule has 2 aliphatic heterocycles. The number of likely N-dealkylation sites (tertiary alicyclic amines) is 2. The standard InChI is InChI=1S/C14H28N2/c1-12(2)14-10-16(11-14)9-6-13-4-7-15(3)8-5-13/h12-14H,4-11H2,1-3H3. The van der Waals surface area contributed by atoms with E-state index in [9.17, 15) is 0 Å². The van der Waals surface area contributed by atoms with Gasteiger partial charge in [0.15, 0.2) is 0 Å². The van der Waals surface area contributed by atoms with Gasteiger partial charge in [-0.05, 0) is 63.7 Å². The van der Waals surface area contributed by atoms with Gasteiger partial charge in [0.05, 0.1) is 0 Å². The van der Waals surface area contributed by atoms with Crippen LogP contribution in [0.1, 0.15) is 33.1 Å². The van der Waals surface area contributed by atoms with Crippen LogP contribution in [0.25, 0.3) is 0 Å². The van der Waals surface area contributed by atoms with Crippen molar-refractivity contribution in [2.45, 2.75) is 33.1 Å². The highest BCUT2D eigenvalue weighted by atomic mass is 15.2. The Bertz CT molecular complexity index is 201. The van der Waals surface area contributed by atoms with Gasteiger partial charge in [-0.15, -0.1) is 0 Å². The predicted molar refractivity (Wildman–Crippen MR) is 69.6 cm³/mol. The van der Waals surface area contributed by atoms with E-state index < -0.39 is 0 Å². The Hall–Kier alpha value is -0.0800. The number of hydrogen-bond donors (Lipinski definition) is 0. The van der Waals surface area contributed by atoms with E-state index in [4.69, 9.17) is 0 Å². The molecule has 0 unspecified atom stereocenters. The van der Waals surface area contributed by atoms with Crippen molar-refractivity contribution in [2.75, 3.05) is 39.8 Å². The molecule has 16 heavy (non-hydrogen) atoms. The van der Waals surface area contributed by atoms with Crippen molar-refractivity contribution in [3.63, 3.8) is 0 Å². The van der Waals surface area contributed by atoms with Crippen LogP contribution in [0.2, 0.25) is 0 Å². The molecular formula is C14H28N2. The summed E-state index contributed by atoms with van der Waals surface area (Å²) >= 11 is 0. The zero-order chi connectivity index (χ0) is 11.5. The molecule has 2 fully saturated rings. The number of nitrogens with zero attached hydrogens (tertiary/aromatic N) is 2. The lowest BCUT2D eigenvalue weighted by atomic mass is 9.87. The predicted octanol–water partition coefficient (Wildman–Crippen LogP) is 2.31. The Morgan fingerprint density at radius 3 is 2.31 bits per heavy atom. The molecule has 2 nitrogen and oxygen atoms in total. The lowest BCUT2D eigenvalue weighted by Crippen LogP contribution is -2.49. The molecule has 94 valence electrons. The maximum Gasteiger partial charge on any atom is 0.00245 e. The molecule has 2 rings (SSSR count). The summed E-state index contributed by atoms with van der Waals surface area (Å²) in [5.74, 6) is 2.88. The van der Waals surface area contributed by atoms with Crippen molar-refractivity contribution < 1.29 is 0 Å². The van der Waals surface area contributed by atoms with Gasteiger partial charge in [0.2, 0.25) is 0 Å². The average Bonchev–Trinajstić information content (AvgIpc) is 2.18.